The molecular weight excluding hydrogens is 307 g/mol. The fraction of sp³-hybridized carbons (Fsp3) is 0.533. The molecule has 0 aliphatic carbocycles. The summed E-state index contributed by atoms with van der Waals surface area (Å²) in [5, 5.41) is 0. The molecule has 0 N–H and O–H groups in total. The number of likely N-dealkylation sites (N-methyl/N-ethyl adjacent to an activating group) is 1. The average Bonchev–Trinajstić information content (AvgIpc) is 2.45. The highest BCUT2D eigenvalue weighted by molar-refractivity contribution is 7.90. The van der Waals surface area contributed by atoms with E-state index in [1.165, 1.54) is 12.1 Å². The van der Waals surface area contributed by atoms with Gasteiger partial charge >= 0.3 is 0 Å². The Hall–Kier alpha value is -1.47. The van der Waals surface area contributed by atoms with Crippen molar-refractivity contribution in [1.29, 1.82) is 0 Å². The van der Waals surface area contributed by atoms with Crippen molar-refractivity contribution >= 4 is 15.7 Å². The minimum atomic E-state index is -3.14. The van der Waals surface area contributed by atoms with E-state index in [0.717, 1.165) is 11.8 Å². The van der Waals surface area contributed by atoms with Crippen LogP contribution in [-0.4, -0.2) is 62.8 Å². The van der Waals surface area contributed by atoms with Crippen molar-refractivity contribution in [2.75, 3.05) is 38.7 Å². The molecule has 0 spiro atoms. The van der Waals surface area contributed by atoms with Crippen LogP contribution in [0.15, 0.2) is 24.3 Å². The van der Waals surface area contributed by atoms with Crippen LogP contribution in [0.2, 0.25) is 0 Å². The molecule has 1 saturated heterocycles. The van der Waals surface area contributed by atoms with E-state index >= 15 is 0 Å². The largest absolute Gasteiger partial charge is 0.339 e. The van der Waals surface area contributed by atoms with Crippen molar-refractivity contribution in [2.45, 2.75) is 12.5 Å². The molecule has 1 aromatic rings. The van der Waals surface area contributed by atoms with Crippen LogP contribution in [0, 0.1) is 5.82 Å². The van der Waals surface area contributed by atoms with Crippen molar-refractivity contribution < 1.29 is 17.6 Å². The Balaban J connectivity index is 2.04. The molecule has 1 aliphatic rings. The number of halogens is 1. The van der Waals surface area contributed by atoms with Gasteiger partial charge in [0.05, 0.1) is 11.8 Å². The van der Waals surface area contributed by atoms with E-state index in [2.05, 4.69) is 4.90 Å². The molecule has 7 heteroatoms. The van der Waals surface area contributed by atoms with E-state index in [1.54, 1.807) is 17.0 Å². The van der Waals surface area contributed by atoms with Crippen molar-refractivity contribution in [1.82, 2.24) is 9.80 Å². The minimum absolute atomic E-state index is 0.00321. The normalized spacial score (nSPS) is 20.1. The molecule has 0 aromatic heterocycles. The lowest BCUT2D eigenvalue weighted by molar-refractivity contribution is -0.133. The smallest absolute Gasteiger partial charge is 0.223 e. The molecule has 0 bridgehead atoms. The number of nitrogens with zero attached hydrogens (tertiary/aromatic N) is 2. The Morgan fingerprint density at radius 3 is 2.50 bits per heavy atom. The van der Waals surface area contributed by atoms with Gasteiger partial charge in [-0.2, -0.15) is 0 Å². The zero-order valence-corrected chi connectivity index (χ0v) is 13.6. The van der Waals surface area contributed by atoms with Crippen LogP contribution in [0.25, 0.3) is 0 Å². The van der Waals surface area contributed by atoms with Crippen LogP contribution in [0.5, 0.6) is 0 Å². The molecule has 5 nitrogen and oxygen atoms in total. The number of carbonyl (C=O) groups excluding carboxylic acids is 1. The number of carbonyl (C=O) groups is 1. The number of hydrogen-bond acceptors (Lipinski definition) is 4. The summed E-state index contributed by atoms with van der Waals surface area (Å²) in [5.41, 5.74) is 0.949. The van der Waals surface area contributed by atoms with Crippen LogP contribution in [0.3, 0.4) is 0 Å². The van der Waals surface area contributed by atoms with Gasteiger partial charge in [0.25, 0.3) is 0 Å². The number of rotatable bonds is 4. The zero-order valence-electron chi connectivity index (χ0n) is 12.8. The van der Waals surface area contributed by atoms with Crippen LogP contribution in [0.1, 0.15) is 18.0 Å². The lowest BCUT2D eigenvalue weighted by Gasteiger charge is -2.39. The molecule has 122 valence electrons. The van der Waals surface area contributed by atoms with Gasteiger partial charge in [-0.05, 0) is 24.7 Å². The van der Waals surface area contributed by atoms with Gasteiger partial charge in [0, 0.05) is 32.3 Å². The Labute approximate surface area is 130 Å². The molecule has 0 radical (unpaired) electrons. The van der Waals surface area contributed by atoms with E-state index in [1.807, 2.05) is 7.05 Å². The monoisotopic (exact) mass is 328 g/mol. The maximum atomic E-state index is 13.0. The third kappa shape index (κ3) is 4.51. The molecule has 1 fully saturated rings. The third-order valence-corrected chi connectivity index (χ3v) is 4.89. The van der Waals surface area contributed by atoms with Gasteiger partial charge in [-0.3, -0.25) is 9.69 Å². The summed E-state index contributed by atoms with van der Waals surface area (Å²) in [7, 11) is -1.17. The molecule has 1 aliphatic heterocycles. The van der Waals surface area contributed by atoms with Gasteiger partial charge in [0.1, 0.15) is 15.7 Å². The topological polar surface area (TPSA) is 57.7 Å². The number of piperazine rings is 1. The molecule has 1 unspecified atom stereocenters. The first-order chi connectivity index (χ1) is 10.3. The van der Waals surface area contributed by atoms with Gasteiger partial charge in [-0.15, -0.1) is 0 Å². The van der Waals surface area contributed by atoms with Crippen molar-refractivity contribution in [2.24, 2.45) is 0 Å². The summed E-state index contributed by atoms with van der Waals surface area (Å²) in [6, 6.07) is 6.26. The van der Waals surface area contributed by atoms with Gasteiger partial charge in [0.2, 0.25) is 5.91 Å². The van der Waals surface area contributed by atoms with Crippen LogP contribution in [0.4, 0.5) is 4.39 Å². The number of sulfone groups is 1. The van der Waals surface area contributed by atoms with Crippen LogP contribution in [-0.2, 0) is 14.6 Å². The van der Waals surface area contributed by atoms with Crippen molar-refractivity contribution in [3.8, 4) is 0 Å². The van der Waals surface area contributed by atoms with E-state index in [4.69, 9.17) is 0 Å². The molecular formula is C15H21FN2O3S. The highest BCUT2D eigenvalue weighted by Crippen LogP contribution is 2.24. The maximum absolute atomic E-state index is 13.0. The van der Waals surface area contributed by atoms with E-state index < -0.39 is 9.84 Å². The molecule has 22 heavy (non-hydrogen) atoms. The van der Waals surface area contributed by atoms with Crippen LogP contribution < -0.4 is 0 Å². The summed E-state index contributed by atoms with van der Waals surface area (Å²) >= 11 is 0. The SMILES string of the molecule is CN1CCN(C(=O)CCS(C)(=O)=O)CC1c1ccc(F)cc1. The number of hydrogen-bond donors (Lipinski definition) is 0. The molecule has 2 rings (SSSR count). The summed E-state index contributed by atoms with van der Waals surface area (Å²) in [6.45, 7) is 1.77. The first-order valence-electron chi connectivity index (χ1n) is 7.17. The summed E-state index contributed by atoms with van der Waals surface area (Å²) in [5.74, 6) is -0.562. The highest BCUT2D eigenvalue weighted by Gasteiger charge is 2.28. The standard InChI is InChI=1S/C15H21FN2O3S/c1-17-8-9-18(15(19)7-10-22(2,20)21)11-14(17)12-3-5-13(16)6-4-12/h3-6,14H,7-11H2,1-2H3. The lowest BCUT2D eigenvalue weighted by Crippen LogP contribution is -2.49. The van der Waals surface area contributed by atoms with E-state index in [9.17, 15) is 17.6 Å². The molecule has 1 aromatic carbocycles. The fourth-order valence-electron chi connectivity index (χ4n) is 2.58. The second kappa shape index (κ2) is 6.75. The Morgan fingerprint density at radius 1 is 1.27 bits per heavy atom. The summed E-state index contributed by atoms with van der Waals surface area (Å²) in [6.07, 6.45) is 1.14. The fourth-order valence-corrected chi connectivity index (χ4v) is 3.12. The van der Waals surface area contributed by atoms with E-state index in [-0.39, 0.29) is 29.9 Å². The summed E-state index contributed by atoms with van der Waals surface area (Å²) in [4.78, 5) is 16.0. The van der Waals surface area contributed by atoms with Gasteiger partial charge in [0.15, 0.2) is 0 Å². The van der Waals surface area contributed by atoms with Crippen molar-refractivity contribution in [3.05, 3.63) is 35.6 Å². The van der Waals surface area contributed by atoms with Crippen molar-refractivity contribution in [3.63, 3.8) is 0 Å². The van der Waals surface area contributed by atoms with Gasteiger partial charge in [-0.25, -0.2) is 12.8 Å². The lowest BCUT2D eigenvalue weighted by atomic mass is 10.0. The number of amides is 1. The summed E-state index contributed by atoms with van der Waals surface area (Å²) < 4.78 is 35.4. The third-order valence-electron chi connectivity index (χ3n) is 3.94. The van der Waals surface area contributed by atoms with E-state index in [0.29, 0.717) is 19.6 Å². The predicted octanol–water partition coefficient (Wildman–Crippen LogP) is 1.08. The second-order valence-electron chi connectivity index (χ2n) is 5.77. The molecule has 0 saturated carbocycles. The molecule has 1 heterocycles. The number of benzene rings is 1. The maximum Gasteiger partial charge on any atom is 0.223 e. The zero-order chi connectivity index (χ0) is 16.3. The first-order valence-corrected chi connectivity index (χ1v) is 9.23. The molecule has 1 atom stereocenters. The highest BCUT2D eigenvalue weighted by atomic mass is 32.2. The van der Waals surface area contributed by atoms with Crippen LogP contribution >= 0.6 is 0 Å². The predicted molar refractivity (Wildman–Crippen MR) is 82.7 cm³/mol. The Bertz CT molecular complexity index is 631. The Morgan fingerprint density at radius 2 is 1.91 bits per heavy atom. The minimum Gasteiger partial charge on any atom is -0.339 e. The molecule has 1 amide bonds. The second-order valence-corrected chi connectivity index (χ2v) is 8.03. The van der Waals surface area contributed by atoms with Gasteiger partial charge < -0.3 is 4.90 Å². The Kier molecular flexibility index (Phi) is 5.18. The average molecular weight is 328 g/mol. The first kappa shape index (κ1) is 16.9. The van der Waals surface area contributed by atoms with Gasteiger partial charge in [-0.1, -0.05) is 12.1 Å². The quantitative estimate of drug-likeness (QED) is 0.830.